The van der Waals surface area contributed by atoms with E-state index in [0.717, 1.165) is 0 Å². The van der Waals surface area contributed by atoms with E-state index in [1.165, 1.54) is 10.6 Å². The molecule has 0 spiro atoms. The molecule has 282 valence electrons. The van der Waals surface area contributed by atoms with Gasteiger partial charge < -0.3 is 10.0 Å². The molecule has 0 bridgehead atoms. The van der Waals surface area contributed by atoms with E-state index in [-0.39, 0.29) is 0 Å². The van der Waals surface area contributed by atoms with E-state index in [4.69, 9.17) is 0 Å². The first-order chi connectivity index (χ1) is 24.6. The second-order valence-electron chi connectivity index (χ2n) is 11.1. The summed E-state index contributed by atoms with van der Waals surface area (Å²) in [6, 6.07) is 9.43. The average Bonchev–Trinajstić information content (AvgIpc) is 3.14. The van der Waals surface area contributed by atoms with Gasteiger partial charge in [0.2, 0.25) is 0 Å². The Kier molecular flexibility index (Phi) is 11.1. The molecule has 0 aliphatic carbocycles. The maximum absolute atomic E-state index is 15.4. The topological polar surface area (TPSA) is 24.7 Å². The molecule has 0 saturated carbocycles. The van der Waals surface area contributed by atoms with Crippen molar-refractivity contribution >= 4 is 33.7 Å². The molecule has 5 aromatic rings. The van der Waals surface area contributed by atoms with Crippen LogP contribution in [0.5, 0.6) is 5.75 Å². The fourth-order valence-corrected chi connectivity index (χ4v) is 5.60. The van der Waals surface area contributed by atoms with E-state index in [0.29, 0.717) is 0 Å². The van der Waals surface area contributed by atoms with Gasteiger partial charge in [-0.25, -0.2) is 74.6 Å². The number of phenolic OH excluding ortho intramolecular Hbond substituents is 1. The van der Waals surface area contributed by atoms with Crippen LogP contribution in [0.25, 0.3) is 0 Å². The van der Waals surface area contributed by atoms with Gasteiger partial charge in [-0.15, -0.1) is 16.4 Å². The van der Waals surface area contributed by atoms with Crippen molar-refractivity contribution in [2.75, 3.05) is 14.1 Å². The van der Waals surface area contributed by atoms with Gasteiger partial charge >= 0.3 is 0 Å². The first kappa shape index (κ1) is 40.4. The van der Waals surface area contributed by atoms with Crippen molar-refractivity contribution in [1.82, 2.24) is 0 Å². The first-order valence-corrected chi connectivity index (χ1v) is 14.0. The summed E-state index contributed by atoms with van der Waals surface area (Å²) in [6.07, 6.45) is -6.76. The molecule has 0 unspecified atom stereocenters. The maximum Gasteiger partial charge on any atom is 0.200 e. The fourth-order valence-electron chi connectivity index (χ4n) is 5.60. The van der Waals surface area contributed by atoms with Gasteiger partial charge in [-0.3, -0.25) is 0 Å². The second-order valence-corrected chi connectivity index (χ2v) is 11.1. The largest absolute Gasteiger partial charge is 0.503 e. The number of rotatable bonds is 5. The molecular weight excluding hydrogens is 767 g/mol. The Labute approximate surface area is 284 Å². The normalized spacial score (nSPS) is 11.6. The number of quaternary nitrogens is 1. The Balaban J connectivity index is 0.000000608. The molecule has 2 nitrogen and oxygen atoms in total. The van der Waals surface area contributed by atoms with Crippen LogP contribution in [0.3, 0.4) is 0 Å². The van der Waals surface area contributed by atoms with Crippen LogP contribution in [-0.4, -0.2) is 25.3 Å². The third-order valence-electron chi connectivity index (χ3n) is 8.01. The van der Waals surface area contributed by atoms with Gasteiger partial charge in [0.05, 0.1) is 14.1 Å². The van der Waals surface area contributed by atoms with Crippen molar-refractivity contribution in [2.45, 2.75) is 0 Å². The number of para-hydroxylation sites is 1. The number of halogens is 18. The monoisotopic (exact) mass is 781 g/mol. The highest BCUT2D eigenvalue weighted by molar-refractivity contribution is 7.20. The van der Waals surface area contributed by atoms with Gasteiger partial charge in [0.25, 0.3) is 0 Å². The van der Waals surface area contributed by atoms with Gasteiger partial charge in [-0.1, -0.05) is 24.3 Å². The van der Waals surface area contributed by atoms with Gasteiger partial charge in [-0.2, -0.15) is 9.85 Å². The zero-order chi connectivity index (χ0) is 40.2. The number of hydrogen-bond donors (Lipinski definition) is 2. The Morgan fingerprint density at radius 2 is 0.679 bits per heavy atom. The molecule has 0 aliphatic heterocycles. The van der Waals surface area contributed by atoms with Crippen LogP contribution in [0, 0.1) is 105 Å². The minimum atomic E-state index is -6.76. The predicted molar refractivity (Wildman–Crippen MR) is 150 cm³/mol. The average molecular weight is 781 g/mol. The lowest BCUT2D eigenvalue weighted by Gasteiger charge is -2.44. The van der Waals surface area contributed by atoms with Crippen LogP contribution >= 0.6 is 0 Å². The summed E-state index contributed by atoms with van der Waals surface area (Å²) >= 11 is 0. The molecule has 21 heteroatoms. The van der Waals surface area contributed by atoms with Crippen molar-refractivity contribution in [2.24, 2.45) is 0 Å². The number of nitrogens with one attached hydrogen (secondary N) is 1. The van der Waals surface area contributed by atoms with Gasteiger partial charge in [0.1, 0.15) is 52.6 Å². The minimum Gasteiger partial charge on any atom is -0.503 e. The first-order valence-electron chi connectivity index (χ1n) is 14.0. The van der Waals surface area contributed by atoms with E-state index in [1.54, 1.807) is 0 Å². The second kappa shape index (κ2) is 14.6. The summed E-state index contributed by atoms with van der Waals surface area (Å²) in [7, 11) is 4.24. The summed E-state index contributed by atoms with van der Waals surface area (Å²) in [5.41, 5.74) is -11.5. The van der Waals surface area contributed by atoms with E-state index in [1.807, 2.05) is 6.07 Å². The lowest BCUT2D eigenvalue weighted by atomic mass is 9.12. The molecule has 0 heterocycles. The third kappa shape index (κ3) is 6.19. The van der Waals surface area contributed by atoms with E-state index in [2.05, 4.69) is 38.4 Å². The molecule has 2 N–H and O–H groups in total. The molecule has 0 fully saturated rings. The van der Waals surface area contributed by atoms with Crippen molar-refractivity contribution in [1.29, 1.82) is 0 Å². The van der Waals surface area contributed by atoms with Crippen molar-refractivity contribution in [3.05, 3.63) is 141 Å². The van der Waals surface area contributed by atoms with Gasteiger partial charge in [0.15, 0.2) is 69.7 Å². The van der Waals surface area contributed by atoms with E-state index in [9.17, 15) is 53.4 Å². The third-order valence-corrected chi connectivity index (χ3v) is 8.01. The molecule has 0 atom stereocenters. The fraction of sp³-hybridized carbons (Fsp3) is 0.0625. The van der Waals surface area contributed by atoms with Gasteiger partial charge in [0, 0.05) is 0 Å². The zero-order valence-electron chi connectivity index (χ0n) is 25.8. The highest BCUT2D eigenvalue weighted by Crippen LogP contribution is 2.31. The Morgan fingerprint density at radius 3 is 0.943 bits per heavy atom. The molecule has 0 radical (unpaired) electrons. The molecule has 5 rings (SSSR count). The standard InChI is InChI=1S/C24H2BF18O.C8H11N/c26-3-1-2(7(27)23(43)24(3)44)25(4-8(28)14(34)20(40)15(35)9(4)29,5-10(30)16(36)21(41)17(37)11(5)31)6-12(32)18(38)22(42)19(39)13(6)33;1-9(2)8-6-4-3-5-7-8/h1,44H;3-7H,1-2H3/q-1;/p+1. The predicted octanol–water partition coefficient (Wildman–Crippen LogP) is 5.74. The Bertz CT molecular complexity index is 2030. The van der Waals surface area contributed by atoms with Gasteiger partial charge in [-0.05, 0) is 12.1 Å². The summed E-state index contributed by atoms with van der Waals surface area (Å²) < 4.78 is 265. The molecule has 0 amide bonds. The lowest BCUT2D eigenvalue weighted by molar-refractivity contribution is -0.786. The number of benzene rings is 5. The maximum atomic E-state index is 15.4. The van der Waals surface area contributed by atoms with Crippen molar-refractivity contribution < 1.29 is 89.0 Å². The molecular formula is C32H14BF18NO. The summed E-state index contributed by atoms with van der Waals surface area (Å²) in [6.45, 7) is 0. The van der Waals surface area contributed by atoms with E-state index < -0.39 is 145 Å². The van der Waals surface area contributed by atoms with Crippen LogP contribution in [-0.2, 0) is 0 Å². The SMILES string of the molecule is C[NH+](C)c1ccccc1.Oc1c(F)cc([B-](c2c(F)c(F)c(F)c(F)c2F)(c2c(F)c(F)c(F)c(F)c2F)c2c(F)c(F)c(F)c(F)c2F)c(F)c1F. The number of phenols is 1. The summed E-state index contributed by atoms with van der Waals surface area (Å²) in [5, 5.41) is 9.35. The highest BCUT2D eigenvalue weighted by atomic mass is 19.2. The quantitative estimate of drug-likeness (QED) is 0.101. The van der Waals surface area contributed by atoms with Crippen LogP contribution in [0.2, 0.25) is 0 Å². The van der Waals surface area contributed by atoms with Crippen LogP contribution in [0.1, 0.15) is 0 Å². The Hall–Kier alpha value is -5.34. The van der Waals surface area contributed by atoms with E-state index >= 15 is 30.7 Å². The minimum absolute atomic E-state index is 0.956. The van der Waals surface area contributed by atoms with Crippen LogP contribution in [0.15, 0.2) is 36.4 Å². The molecule has 0 aliphatic rings. The smallest absolute Gasteiger partial charge is 0.200 e. The van der Waals surface area contributed by atoms with Crippen molar-refractivity contribution in [3.8, 4) is 5.75 Å². The number of aromatic hydroxyl groups is 1. The summed E-state index contributed by atoms with van der Waals surface area (Å²) in [5.74, 6) is -62.7. The molecule has 0 saturated heterocycles. The molecule has 5 aromatic carbocycles. The Morgan fingerprint density at radius 1 is 0.396 bits per heavy atom. The van der Waals surface area contributed by atoms with Crippen LogP contribution < -0.4 is 26.8 Å². The highest BCUT2D eigenvalue weighted by Gasteiger charge is 2.50. The number of hydrogen-bond acceptors (Lipinski definition) is 1. The molecule has 53 heavy (non-hydrogen) atoms. The van der Waals surface area contributed by atoms with Crippen molar-refractivity contribution in [3.63, 3.8) is 0 Å². The zero-order valence-corrected chi connectivity index (χ0v) is 25.8. The van der Waals surface area contributed by atoms with Crippen LogP contribution in [0.4, 0.5) is 84.7 Å². The lowest BCUT2D eigenvalue weighted by Crippen LogP contribution is -3.00. The molecule has 0 aromatic heterocycles. The summed E-state index contributed by atoms with van der Waals surface area (Å²) in [4.78, 5) is 1.37.